The van der Waals surface area contributed by atoms with E-state index >= 15 is 0 Å². The smallest absolute Gasteiger partial charge is 0.277 e. The highest BCUT2D eigenvalue weighted by Crippen LogP contribution is 2.29. The third-order valence-electron chi connectivity index (χ3n) is 8.67. The lowest BCUT2D eigenvalue weighted by Gasteiger charge is -2.27. The van der Waals surface area contributed by atoms with Crippen molar-refractivity contribution in [2.24, 2.45) is 16.0 Å². The van der Waals surface area contributed by atoms with Crippen molar-refractivity contribution in [2.45, 2.75) is 12.8 Å². The van der Waals surface area contributed by atoms with Crippen LogP contribution in [-0.2, 0) is 11.2 Å². The number of nitrogens with one attached hydrogen (secondary N) is 2. The fourth-order valence-electron chi connectivity index (χ4n) is 5.80. The summed E-state index contributed by atoms with van der Waals surface area (Å²) >= 11 is 0. The van der Waals surface area contributed by atoms with Crippen LogP contribution >= 0.6 is 0 Å². The molecule has 0 spiro atoms. The Labute approximate surface area is 322 Å². The minimum atomic E-state index is -0.655. The highest BCUT2D eigenvalue weighted by Gasteiger charge is 2.34. The summed E-state index contributed by atoms with van der Waals surface area (Å²) in [6.45, 7) is 0.722. The van der Waals surface area contributed by atoms with Gasteiger partial charge in [-0.3, -0.25) is 19.8 Å². The molecule has 2 heterocycles. The van der Waals surface area contributed by atoms with Gasteiger partial charge in [-0.2, -0.15) is 15.1 Å². The Morgan fingerprint density at radius 2 is 1.46 bits per heavy atom. The van der Waals surface area contributed by atoms with Gasteiger partial charge in [0.15, 0.2) is 5.69 Å². The number of carbonyl (C=O) groups is 3. The first kappa shape index (κ1) is 39.7. The van der Waals surface area contributed by atoms with Crippen molar-refractivity contribution in [1.29, 1.82) is 0 Å². The van der Waals surface area contributed by atoms with E-state index in [1.54, 1.807) is 91.9 Å². The summed E-state index contributed by atoms with van der Waals surface area (Å²) in [6.07, 6.45) is 3.48. The van der Waals surface area contributed by atoms with Crippen molar-refractivity contribution < 1.29 is 23.9 Å². The van der Waals surface area contributed by atoms with Crippen molar-refractivity contribution in [3.63, 3.8) is 0 Å². The molecule has 5 aromatic rings. The number of anilines is 4. The van der Waals surface area contributed by atoms with Crippen LogP contribution in [0.3, 0.4) is 0 Å². The maximum absolute atomic E-state index is 13.3. The summed E-state index contributed by atoms with van der Waals surface area (Å²) in [6, 6.07) is 28.7. The fraction of sp³-hybridized carbons (Fsp3) is 0.175. The van der Waals surface area contributed by atoms with Crippen molar-refractivity contribution in [3.05, 3.63) is 130 Å². The number of aromatic nitrogens is 2. The Balaban J connectivity index is 0.000000214. The molecule has 8 N–H and O–H groups in total. The van der Waals surface area contributed by atoms with Gasteiger partial charge in [-0.15, -0.1) is 0 Å². The van der Waals surface area contributed by atoms with E-state index in [2.05, 4.69) is 26.1 Å². The Morgan fingerprint density at radius 3 is 2.04 bits per heavy atom. The summed E-state index contributed by atoms with van der Waals surface area (Å²) in [7, 11) is 3.17. The van der Waals surface area contributed by atoms with Gasteiger partial charge in [-0.1, -0.05) is 17.3 Å². The molecule has 0 saturated heterocycles. The molecule has 1 aromatic heterocycles. The first-order chi connectivity index (χ1) is 27.1. The number of nitrogen functional groups attached to an aromatic ring is 2. The van der Waals surface area contributed by atoms with Crippen LogP contribution in [-0.4, -0.2) is 67.6 Å². The predicted octanol–water partition coefficient (Wildman–Crippen LogP) is 4.80. The zero-order valence-corrected chi connectivity index (χ0v) is 30.8. The SMILES string of the molecule is COc1ccc(-n2nc(C(N)=O)c3c2C(=O)N(c2ccc(N)cc2)CC3)cc1.COc1ccc(N/N=C(CN=O)\C(=C\c2ccc(N)cc2)CCNC=O)cc1. The molecule has 6 rings (SSSR count). The normalized spacial score (nSPS) is 12.5. The summed E-state index contributed by atoms with van der Waals surface area (Å²) in [5.41, 5.74) is 26.5. The number of fused-ring (bicyclic) bond motifs is 1. The van der Waals surface area contributed by atoms with Gasteiger partial charge in [-0.25, -0.2) is 4.68 Å². The van der Waals surface area contributed by atoms with Gasteiger partial charge in [0.1, 0.15) is 23.7 Å². The van der Waals surface area contributed by atoms with Crippen LogP contribution in [0.5, 0.6) is 11.5 Å². The molecule has 16 heteroatoms. The van der Waals surface area contributed by atoms with Gasteiger partial charge in [0, 0.05) is 35.7 Å². The van der Waals surface area contributed by atoms with Crippen molar-refractivity contribution in [3.8, 4) is 17.2 Å². The molecule has 0 aliphatic carbocycles. The number of hydrogen-bond acceptors (Lipinski definition) is 12. The lowest BCUT2D eigenvalue weighted by molar-refractivity contribution is -0.109. The number of ether oxygens (including phenoxy) is 2. The van der Waals surface area contributed by atoms with Gasteiger partial charge in [0.05, 0.1) is 31.3 Å². The second kappa shape index (κ2) is 19.0. The molecule has 288 valence electrons. The number of nitrogens with zero attached hydrogens (tertiary/aromatic N) is 5. The Kier molecular flexibility index (Phi) is 13.5. The molecule has 1 aliphatic heterocycles. The average Bonchev–Trinajstić information content (AvgIpc) is 3.62. The number of carbonyl (C=O) groups excluding carboxylic acids is 3. The van der Waals surface area contributed by atoms with Crippen LogP contribution in [0.4, 0.5) is 22.7 Å². The Hall–Kier alpha value is -7.49. The van der Waals surface area contributed by atoms with Gasteiger partial charge in [0.2, 0.25) is 6.41 Å². The van der Waals surface area contributed by atoms with Gasteiger partial charge < -0.3 is 36.9 Å². The number of rotatable bonds is 15. The van der Waals surface area contributed by atoms with E-state index in [0.717, 1.165) is 28.3 Å². The van der Waals surface area contributed by atoms with Gasteiger partial charge in [0.25, 0.3) is 11.8 Å². The monoisotopic (exact) mass is 758 g/mol. The van der Waals surface area contributed by atoms with E-state index < -0.39 is 5.91 Å². The van der Waals surface area contributed by atoms with Crippen LogP contribution in [0, 0.1) is 4.91 Å². The maximum atomic E-state index is 13.3. The number of hydrogen-bond donors (Lipinski definition) is 5. The van der Waals surface area contributed by atoms with Crippen LogP contribution in [0.1, 0.15) is 38.5 Å². The standard InChI is InChI=1S/C20H19N5O3.C20H23N5O3/c1-28-15-8-6-14(7-9-15)25-18-16(17(23-25)19(22)26)10-11-24(20(18)27)13-4-2-12(21)3-5-13;1-28-19-8-6-18(7-9-19)24-25-20(13-23-27)16(10-11-22-14-26)12-15-2-4-17(21)5-3-15/h2-9H,10-11,21H2,1H3,(H2,22,26);2-9,12,14,24H,10-11,13,21H2,1H3,(H,22,26)/b;16-12+,25-20-. The van der Waals surface area contributed by atoms with E-state index in [9.17, 15) is 19.3 Å². The minimum Gasteiger partial charge on any atom is -0.497 e. The quantitative estimate of drug-likeness (QED) is 0.0244. The third kappa shape index (κ3) is 9.93. The van der Waals surface area contributed by atoms with Crippen molar-refractivity contribution in [2.75, 3.05) is 55.6 Å². The zero-order valence-electron chi connectivity index (χ0n) is 30.8. The second-order valence-corrected chi connectivity index (χ2v) is 12.3. The van der Waals surface area contributed by atoms with E-state index in [4.69, 9.17) is 26.7 Å². The number of hydrazone groups is 1. The average molecular weight is 759 g/mol. The van der Waals surface area contributed by atoms with E-state index in [0.29, 0.717) is 72.1 Å². The molecule has 0 saturated carbocycles. The summed E-state index contributed by atoms with van der Waals surface area (Å²) < 4.78 is 11.8. The van der Waals surface area contributed by atoms with Crippen LogP contribution in [0.15, 0.2) is 113 Å². The number of nitrogens with two attached hydrogens (primary N) is 3. The fourth-order valence-corrected chi connectivity index (χ4v) is 5.80. The molecule has 16 nitrogen and oxygen atoms in total. The predicted molar refractivity (Wildman–Crippen MR) is 217 cm³/mol. The minimum absolute atomic E-state index is 0.106. The molecule has 0 bridgehead atoms. The Bertz CT molecular complexity index is 2200. The molecular formula is C40H42N10O6. The lowest BCUT2D eigenvalue weighted by Crippen LogP contribution is -2.39. The molecule has 0 radical (unpaired) electrons. The second-order valence-electron chi connectivity index (χ2n) is 12.3. The topological polar surface area (TPSA) is 235 Å². The molecule has 56 heavy (non-hydrogen) atoms. The molecule has 4 aromatic carbocycles. The highest BCUT2D eigenvalue weighted by atomic mass is 16.5. The molecule has 0 unspecified atom stereocenters. The molecule has 1 aliphatic rings. The van der Waals surface area contributed by atoms with E-state index in [1.165, 1.54) is 4.68 Å². The zero-order chi connectivity index (χ0) is 40.0. The molecule has 0 fully saturated rings. The summed E-state index contributed by atoms with van der Waals surface area (Å²) in [4.78, 5) is 48.4. The molecule has 3 amide bonds. The first-order valence-electron chi connectivity index (χ1n) is 17.4. The highest BCUT2D eigenvalue weighted by molar-refractivity contribution is 6.09. The number of primary amides is 1. The van der Waals surface area contributed by atoms with Crippen LogP contribution < -0.4 is 42.3 Å². The lowest BCUT2D eigenvalue weighted by atomic mass is 10.0. The number of benzene rings is 4. The van der Waals surface area contributed by atoms with Crippen LogP contribution in [0.25, 0.3) is 11.8 Å². The molecular weight excluding hydrogens is 717 g/mol. The largest absolute Gasteiger partial charge is 0.497 e. The number of nitroso groups, excluding NO2 is 1. The van der Waals surface area contributed by atoms with Crippen molar-refractivity contribution >= 4 is 52.8 Å². The van der Waals surface area contributed by atoms with E-state index in [-0.39, 0.29) is 18.1 Å². The van der Waals surface area contributed by atoms with Gasteiger partial charge >= 0.3 is 0 Å². The van der Waals surface area contributed by atoms with E-state index in [1.807, 2.05) is 30.3 Å². The van der Waals surface area contributed by atoms with Crippen molar-refractivity contribution in [1.82, 2.24) is 15.1 Å². The molecule has 0 atom stereocenters. The summed E-state index contributed by atoms with van der Waals surface area (Å²) in [5, 5.41) is 14.3. The number of methoxy groups -OCH3 is 2. The van der Waals surface area contributed by atoms with Gasteiger partial charge in [-0.05, 0) is 115 Å². The Morgan fingerprint density at radius 1 is 0.875 bits per heavy atom. The maximum Gasteiger partial charge on any atom is 0.277 e. The number of amides is 3. The van der Waals surface area contributed by atoms with Crippen LogP contribution in [0.2, 0.25) is 0 Å². The first-order valence-corrected chi connectivity index (χ1v) is 17.4. The third-order valence-corrected chi connectivity index (χ3v) is 8.67. The summed E-state index contributed by atoms with van der Waals surface area (Å²) in [5.74, 6) is 0.502.